The molecule has 44 heavy (non-hydrogen) atoms. The molecule has 4 heteroatoms. The van der Waals surface area contributed by atoms with Gasteiger partial charge in [-0.15, -0.1) is 23.1 Å². The molecular weight excluding hydrogens is 573 g/mol. The van der Waals surface area contributed by atoms with E-state index >= 15 is 0 Å². The number of thioether (sulfide) groups is 1. The molecule has 2 atom stereocenters. The first-order chi connectivity index (χ1) is 21.8. The second kappa shape index (κ2) is 10.4. The van der Waals surface area contributed by atoms with Crippen LogP contribution in [0.4, 0.5) is 22.7 Å². The van der Waals surface area contributed by atoms with Crippen molar-refractivity contribution in [3.8, 4) is 0 Å². The summed E-state index contributed by atoms with van der Waals surface area (Å²) in [6.45, 7) is 0. The molecule has 2 heterocycles. The summed E-state index contributed by atoms with van der Waals surface area (Å²) in [6.07, 6.45) is 11.6. The van der Waals surface area contributed by atoms with Crippen molar-refractivity contribution in [2.24, 2.45) is 5.92 Å². The monoisotopic (exact) mass is 600 g/mol. The predicted molar refractivity (Wildman–Crippen MR) is 190 cm³/mol. The van der Waals surface area contributed by atoms with Gasteiger partial charge in [-0.25, -0.2) is 0 Å². The summed E-state index contributed by atoms with van der Waals surface area (Å²) < 4.78 is 2.59. The lowest BCUT2D eigenvalue weighted by molar-refractivity contribution is 0.796. The molecule has 2 aliphatic carbocycles. The van der Waals surface area contributed by atoms with Crippen LogP contribution in [0.3, 0.4) is 0 Å². The molecule has 0 bridgehead atoms. The molecule has 9 rings (SSSR count). The third-order valence-electron chi connectivity index (χ3n) is 8.77. The smallest absolute Gasteiger partial charge is 0.0503 e. The van der Waals surface area contributed by atoms with Crippen LogP contribution in [0, 0.1) is 5.92 Å². The normalized spacial score (nSPS) is 18.2. The molecule has 0 saturated heterocycles. The van der Waals surface area contributed by atoms with Crippen molar-refractivity contribution in [3.05, 3.63) is 169 Å². The first-order valence-electron chi connectivity index (χ1n) is 15.0. The SMILES string of the molecule is C1=CC2=C(N(c3ccccc3)c3ccc4c(c3)sc3ccc(Nc5ccccc5)cc34)C=C3c4ccccc4SC3C2C=C1. The fourth-order valence-corrected chi connectivity index (χ4v) is 9.33. The summed E-state index contributed by atoms with van der Waals surface area (Å²) in [5.74, 6) is 0.321. The van der Waals surface area contributed by atoms with Crippen LogP contribution in [0.15, 0.2) is 168 Å². The van der Waals surface area contributed by atoms with Crippen LogP contribution in [-0.4, -0.2) is 5.25 Å². The number of rotatable bonds is 5. The molecule has 5 aromatic carbocycles. The summed E-state index contributed by atoms with van der Waals surface area (Å²) in [5, 5.41) is 6.54. The van der Waals surface area contributed by atoms with Crippen molar-refractivity contribution in [2.45, 2.75) is 10.1 Å². The molecule has 0 spiro atoms. The molecule has 3 aliphatic rings. The Labute approximate surface area is 265 Å². The molecule has 210 valence electrons. The third kappa shape index (κ3) is 4.25. The van der Waals surface area contributed by atoms with Crippen LogP contribution >= 0.6 is 23.1 Å². The first-order valence-corrected chi connectivity index (χ1v) is 16.7. The number of para-hydroxylation sites is 2. The molecule has 0 amide bonds. The molecular formula is C40H28N2S2. The summed E-state index contributed by atoms with van der Waals surface area (Å²) in [5.41, 5.74) is 9.97. The molecule has 6 aromatic rings. The van der Waals surface area contributed by atoms with Crippen LogP contribution < -0.4 is 10.2 Å². The van der Waals surface area contributed by atoms with E-state index in [1.807, 2.05) is 29.2 Å². The largest absolute Gasteiger partial charge is 0.356 e. The predicted octanol–water partition coefficient (Wildman–Crippen LogP) is 11.5. The molecule has 0 radical (unpaired) electrons. The van der Waals surface area contributed by atoms with E-state index in [2.05, 4.69) is 156 Å². The Balaban J connectivity index is 1.19. The van der Waals surface area contributed by atoms with Crippen LogP contribution in [0.1, 0.15) is 5.56 Å². The van der Waals surface area contributed by atoms with Gasteiger partial charge in [-0.2, -0.15) is 0 Å². The number of allylic oxidation sites excluding steroid dienone is 6. The number of nitrogens with zero attached hydrogens (tertiary/aromatic N) is 1. The van der Waals surface area contributed by atoms with Crippen LogP contribution in [0.5, 0.6) is 0 Å². The second-order valence-corrected chi connectivity index (χ2v) is 13.7. The van der Waals surface area contributed by atoms with E-state index in [1.54, 1.807) is 0 Å². The van der Waals surface area contributed by atoms with Crippen molar-refractivity contribution >= 4 is 71.6 Å². The number of fused-ring (bicyclic) bond motifs is 8. The number of hydrogen-bond donors (Lipinski definition) is 1. The molecule has 1 aliphatic heterocycles. The first kappa shape index (κ1) is 25.7. The van der Waals surface area contributed by atoms with Crippen molar-refractivity contribution in [1.82, 2.24) is 0 Å². The van der Waals surface area contributed by atoms with E-state index < -0.39 is 0 Å². The van der Waals surface area contributed by atoms with E-state index in [9.17, 15) is 0 Å². The van der Waals surface area contributed by atoms with E-state index in [4.69, 9.17) is 0 Å². The Hall–Kier alpha value is -4.77. The Morgan fingerprint density at radius 3 is 2.34 bits per heavy atom. The van der Waals surface area contributed by atoms with Crippen molar-refractivity contribution in [3.63, 3.8) is 0 Å². The van der Waals surface area contributed by atoms with Crippen LogP contribution in [0.2, 0.25) is 0 Å². The van der Waals surface area contributed by atoms with E-state index in [-0.39, 0.29) is 0 Å². The summed E-state index contributed by atoms with van der Waals surface area (Å²) in [7, 11) is 0. The quantitative estimate of drug-likeness (QED) is 0.212. The Morgan fingerprint density at radius 2 is 1.45 bits per heavy atom. The minimum atomic E-state index is 0.321. The van der Waals surface area contributed by atoms with Crippen molar-refractivity contribution in [2.75, 3.05) is 10.2 Å². The van der Waals surface area contributed by atoms with E-state index in [1.165, 1.54) is 58.8 Å². The van der Waals surface area contributed by atoms with Gasteiger partial charge in [0.25, 0.3) is 0 Å². The summed E-state index contributed by atoms with van der Waals surface area (Å²) >= 11 is 3.87. The van der Waals surface area contributed by atoms with Gasteiger partial charge in [0.15, 0.2) is 0 Å². The molecule has 1 N–H and O–H groups in total. The number of nitrogens with one attached hydrogen (secondary N) is 1. The lowest BCUT2D eigenvalue weighted by atomic mass is 9.80. The maximum atomic E-state index is 3.57. The lowest BCUT2D eigenvalue weighted by Crippen LogP contribution is -2.27. The topological polar surface area (TPSA) is 15.3 Å². The number of benzene rings is 5. The Kier molecular flexibility index (Phi) is 6.10. The molecule has 0 fully saturated rings. The van der Waals surface area contributed by atoms with Gasteiger partial charge in [0.05, 0.1) is 5.70 Å². The maximum absolute atomic E-state index is 3.57. The number of thiophene rings is 1. The highest BCUT2D eigenvalue weighted by molar-refractivity contribution is 8.01. The van der Waals surface area contributed by atoms with E-state index in [0.717, 1.165) is 11.4 Å². The van der Waals surface area contributed by atoms with Gasteiger partial charge < -0.3 is 10.2 Å². The highest BCUT2D eigenvalue weighted by Gasteiger charge is 2.39. The van der Waals surface area contributed by atoms with Crippen molar-refractivity contribution in [1.29, 1.82) is 0 Å². The fourth-order valence-electron chi connectivity index (χ4n) is 6.77. The number of anilines is 4. The van der Waals surface area contributed by atoms with Gasteiger partial charge in [0.1, 0.15) is 0 Å². The molecule has 2 unspecified atom stereocenters. The Morgan fingerprint density at radius 1 is 0.636 bits per heavy atom. The molecule has 1 aromatic heterocycles. The Bertz CT molecular complexity index is 2190. The summed E-state index contributed by atoms with van der Waals surface area (Å²) in [6, 6.07) is 43.8. The van der Waals surface area contributed by atoms with E-state index in [0.29, 0.717) is 11.2 Å². The van der Waals surface area contributed by atoms with Gasteiger partial charge in [-0.3, -0.25) is 0 Å². The van der Waals surface area contributed by atoms with Crippen LogP contribution in [0.25, 0.3) is 25.7 Å². The van der Waals surface area contributed by atoms with Crippen LogP contribution in [-0.2, 0) is 0 Å². The van der Waals surface area contributed by atoms with Gasteiger partial charge in [0.2, 0.25) is 0 Å². The van der Waals surface area contributed by atoms with Crippen molar-refractivity contribution < 1.29 is 0 Å². The van der Waals surface area contributed by atoms with Gasteiger partial charge in [-0.05, 0) is 83.4 Å². The highest BCUT2D eigenvalue weighted by atomic mass is 32.2. The third-order valence-corrected chi connectivity index (χ3v) is 11.3. The lowest BCUT2D eigenvalue weighted by Gasteiger charge is -2.36. The van der Waals surface area contributed by atoms with Gasteiger partial charge >= 0.3 is 0 Å². The van der Waals surface area contributed by atoms with Gasteiger partial charge in [0, 0.05) is 59.0 Å². The average Bonchev–Trinajstić information content (AvgIpc) is 3.64. The van der Waals surface area contributed by atoms with Gasteiger partial charge in [-0.1, -0.05) is 85.0 Å². The average molecular weight is 601 g/mol. The maximum Gasteiger partial charge on any atom is 0.0503 e. The second-order valence-electron chi connectivity index (χ2n) is 11.4. The molecule has 0 saturated carbocycles. The zero-order chi connectivity index (χ0) is 29.0. The fraction of sp³-hybridized carbons (Fsp3) is 0.0500. The highest BCUT2D eigenvalue weighted by Crippen LogP contribution is 2.54. The zero-order valence-corrected chi connectivity index (χ0v) is 25.5. The standard InChI is InChI=1S/C40H28N2S2/c1-3-11-26(12-4-1)41-27-19-22-38-34(23-27)32-21-20-29(24-39(32)43-38)42(28-13-5-2-6-14-28)36-25-35-31-16-9-10-18-37(31)44-40(35)33-17-8-7-15-30(33)36/h1-25,33,40-41H. The molecule has 2 nitrogen and oxygen atoms in total. The zero-order valence-electron chi connectivity index (χ0n) is 23.9. The minimum Gasteiger partial charge on any atom is -0.356 e. The summed E-state index contributed by atoms with van der Waals surface area (Å²) in [4.78, 5) is 3.85. The number of hydrogen-bond acceptors (Lipinski definition) is 4. The minimum absolute atomic E-state index is 0.321.